The monoisotopic (exact) mass is 335 g/mol. The molecule has 0 atom stereocenters. The number of fused-ring (bicyclic) bond motifs is 1. The van der Waals surface area contributed by atoms with E-state index in [1.165, 1.54) is 36.0 Å². The molecule has 122 valence electrons. The fourth-order valence-corrected chi connectivity index (χ4v) is 4.08. The Morgan fingerprint density at radius 3 is 2.46 bits per heavy atom. The zero-order valence-electron chi connectivity index (χ0n) is 13.7. The summed E-state index contributed by atoms with van der Waals surface area (Å²) < 4.78 is 2.32. The van der Waals surface area contributed by atoms with Crippen LogP contribution in [0, 0.1) is 0 Å². The van der Waals surface area contributed by atoms with Crippen LogP contribution >= 0.6 is 11.8 Å². The number of aryl methyl sites for hydroxylation is 1. The van der Waals surface area contributed by atoms with Gasteiger partial charge in [0, 0.05) is 18.7 Å². The molecule has 3 nitrogen and oxygen atoms in total. The Labute approximate surface area is 147 Å². The molecule has 3 aromatic rings. The Morgan fingerprint density at radius 2 is 1.62 bits per heavy atom. The van der Waals surface area contributed by atoms with Gasteiger partial charge in [0.05, 0.1) is 0 Å². The van der Waals surface area contributed by atoms with Crippen LogP contribution in [0.3, 0.4) is 0 Å². The van der Waals surface area contributed by atoms with Crippen molar-refractivity contribution in [1.29, 1.82) is 0 Å². The molecule has 2 aromatic carbocycles. The molecule has 2 heterocycles. The second-order valence-corrected chi connectivity index (χ2v) is 7.16. The molecule has 4 rings (SSSR count). The highest BCUT2D eigenvalue weighted by atomic mass is 32.2. The third-order valence-corrected chi connectivity index (χ3v) is 5.54. The number of thioether (sulfide) groups is 1. The van der Waals surface area contributed by atoms with Gasteiger partial charge in [-0.2, -0.15) is 0 Å². The molecule has 24 heavy (non-hydrogen) atoms. The van der Waals surface area contributed by atoms with E-state index in [1.54, 1.807) is 11.8 Å². The Kier molecular flexibility index (Phi) is 4.65. The Balaban J connectivity index is 1.44. The van der Waals surface area contributed by atoms with Crippen molar-refractivity contribution < 1.29 is 0 Å². The first kappa shape index (κ1) is 15.5. The number of rotatable bonds is 4. The number of hydrogen-bond acceptors (Lipinski definition) is 3. The highest BCUT2D eigenvalue weighted by Gasteiger charge is 2.14. The number of nitrogens with zero attached hydrogens (tertiary/aromatic N) is 3. The van der Waals surface area contributed by atoms with Crippen LogP contribution in [0.2, 0.25) is 0 Å². The van der Waals surface area contributed by atoms with Crippen molar-refractivity contribution in [2.45, 2.75) is 43.1 Å². The van der Waals surface area contributed by atoms with E-state index in [2.05, 4.69) is 69.4 Å². The second-order valence-electron chi connectivity index (χ2n) is 6.21. The van der Waals surface area contributed by atoms with E-state index in [4.69, 9.17) is 0 Å². The first-order valence-corrected chi connectivity index (χ1v) is 9.58. The lowest BCUT2D eigenvalue weighted by atomic mass is 10.0. The minimum absolute atomic E-state index is 0.938. The summed E-state index contributed by atoms with van der Waals surface area (Å²) in [5.41, 5.74) is 3.85. The number of hydrogen-bond donors (Lipinski definition) is 0. The molecule has 0 radical (unpaired) electrons. The normalized spacial score (nSPS) is 14.2. The molecule has 0 spiro atoms. The zero-order chi connectivity index (χ0) is 16.2. The molecule has 0 N–H and O–H groups in total. The quantitative estimate of drug-likeness (QED) is 0.631. The molecule has 0 unspecified atom stereocenters. The van der Waals surface area contributed by atoms with Gasteiger partial charge < -0.3 is 4.57 Å². The zero-order valence-corrected chi connectivity index (χ0v) is 14.5. The maximum absolute atomic E-state index is 4.40. The molecule has 1 aromatic heterocycles. The average molecular weight is 335 g/mol. The van der Waals surface area contributed by atoms with E-state index in [1.807, 2.05) is 0 Å². The van der Waals surface area contributed by atoms with Crippen molar-refractivity contribution in [2.75, 3.05) is 0 Å². The van der Waals surface area contributed by atoms with Crippen molar-refractivity contribution in [3.05, 3.63) is 66.0 Å². The van der Waals surface area contributed by atoms with Gasteiger partial charge in [0.25, 0.3) is 0 Å². The fraction of sp³-hybridized carbons (Fsp3) is 0.300. The molecule has 4 heteroatoms. The van der Waals surface area contributed by atoms with Crippen molar-refractivity contribution in [1.82, 2.24) is 14.8 Å². The van der Waals surface area contributed by atoms with Crippen LogP contribution in [0.15, 0.2) is 59.8 Å². The molecule has 0 fully saturated rings. The molecule has 0 aliphatic carbocycles. The molecule has 0 amide bonds. The maximum atomic E-state index is 4.40. The van der Waals surface area contributed by atoms with Gasteiger partial charge in [-0.15, -0.1) is 10.2 Å². The summed E-state index contributed by atoms with van der Waals surface area (Å²) >= 11 is 1.80. The summed E-state index contributed by atoms with van der Waals surface area (Å²) in [6.07, 6.45) is 4.85. The Bertz CT molecular complexity index is 794. The number of benzene rings is 2. The van der Waals surface area contributed by atoms with E-state index in [9.17, 15) is 0 Å². The largest absolute Gasteiger partial charge is 0.306 e. The van der Waals surface area contributed by atoms with Crippen LogP contribution < -0.4 is 0 Å². The topological polar surface area (TPSA) is 30.7 Å². The van der Waals surface area contributed by atoms with Crippen LogP contribution in [-0.2, 0) is 18.7 Å². The minimum Gasteiger partial charge on any atom is -0.306 e. The predicted molar refractivity (Wildman–Crippen MR) is 99.0 cm³/mol. The van der Waals surface area contributed by atoms with Crippen LogP contribution in [0.25, 0.3) is 11.1 Å². The standard InChI is InChI=1S/C20H21N3S/c1-3-7-17(8-4-1)18-12-10-16(11-13-18)15-24-20-22-21-19-9-5-2-6-14-23(19)20/h1,3-4,7-8,10-13H,2,5-6,9,14-15H2. The Hall–Kier alpha value is -2.07. The lowest BCUT2D eigenvalue weighted by Gasteiger charge is -2.07. The van der Waals surface area contributed by atoms with Crippen LogP contribution in [-0.4, -0.2) is 14.8 Å². The summed E-state index contributed by atoms with van der Waals surface area (Å²) in [6, 6.07) is 19.3. The molecule has 1 aliphatic heterocycles. The molecule has 0 saturated heterocycles. The van der Waals surface area contributed by atoms with E-state index in [0.717, 1.165) is 29.7 Å². The SMILES string of the molecule is c1ccc(-c2ccc(CSc3nnc4n3CCCCC4)cc2)cc1. The summed E-state index contributed by atoms with van der Waals surface area (Å²) in [5.74, 6) is 2.10. The second kappa shape index (κ2) is 7.22. The van der Waals surface area contributed by atoms with Gasteiger partial charge in [0.15, 0.2) is 5.16 Å². The van der Waals surface area contributed by atoms with Crippen molar-refractivity contribution in [3.63, 3.8) is 0 Å². The van der Waals surface area contributed by atoms with Gasteiger partial charge in [-0.25, -0.2) is 0 Å². The van der Waals surface area contributed by atoms with Crippen molar-refractivity contribution in [2.24, 2.45) is 0 Å². The lowest BCUT2D eigenvalue weighted by Crippen LogP contribution is -2.02. The third kappa shape index (κ3) is 3.39. The first-order chi connectivity index (χ1) is 11.9. The average Bonchev–Trinajstić information content (AvgIpc) is 2.87. The van der Waals surface area contributed by atoms with E-state index in [0.29, 0.717) is 0 Å². The van der Waals surface area contributed by atoms with Crippen molar-refractivity contribution in [3.8, 4) is 11.1 Å². The molecular weight excluding hydrogens is 314 g/mol. The first-order valence-electron chi connectivity index (χ1n) is 8.59. The summed E-state index contributed by atoms with van der Waals surface area (Å²) in [7, 11) is 0. The summed E-state index contributed by atoms with van der Waals surface area (Å²) in [6.45, 7) is 1.07. The molecular formula is C20H21N3S. The van der Waals surface area contributed by atoms with Crippen molar-refractivity contribution >= 4 is 11.8 Å². The Morgan fingerprint density at radius 1 is 0.833 bits per heavy atom. The predicted octanol–water partition coefficient (Wildman–Crippen LogP) is 4.96. The third-order valence-electron chi connectivity index (χ3n) is 4.50. The highest BCUT2D eigenvalue weighted by molar-refractivity contribution is 7.98. The van der Waals surface area contributed by atoms with Crippen LogP contribution in [0.5, 0.6) is 0 Å². The fourth-order valence-electron chi connectivity index (χ4n) is 3.14. The van der Waals surface area contributed by atoms with Gasteiger partial charge >= 0.3 is 0 Å². The summed E-state index contributed by atoms with van der Waals surface area (Å²) in [4.78, 5) is 0. The number of aromatic nitrogens is 3. The van der Waals surface area contributed by atoms with Crippen LogP contribution in [0.1, 0.15) is 30.7 Å². The van der Waals surface area contributed by atoms with Gasteiger partial charge in [-0.05, 0) is 29.5 Å². The van der Waals surface area contributed by atoms with Gasteiger partial charge in [0.2, 0.25) is 0 Å². The molecule has 0 saturated carbocycles. The minimum atomic E-state index is 0.938. The maximum Gasteiger partial charge on any atom is 0.191 e. The van der Waals surface area contributed by atoms with Gasteiger partial charge in [0.1, 0.15) is 5.82 Å². The lowest BCUT2D eigenvalue weighted by molar-refractivity contribution is 0.591. The summed E-state index contributed by atoms with van der Waals surface area (Å²) in [5, 5.41) is 9.84. The van der Waals surface area contributed by atoms with Gasteiger partial charge in [-0.3, -0.25) is 0 Å². The molecule has 0 bridgehead atoms. The van der Waals surface area contributed by atoms with E-state index < -0.39 is 0 Å². The molecule has 1 aliphatic rings. The van der Waals surface area contributed by atoms with Crippen LogP contribution in [0.4, 0.5) is 0 Å². The smallest absolute Gasteiger partial charge is 0.191 e. The highest BCUT2D eigenvalue weighted by Crippen LogP contribution is 2.26. The van der Waals surface area contributed by atoms with Gasteiger partial charge in [-0.1, -0.05) is 72.8 Å². The van der Waals surface area contributed by atoms with E-state index in [-0.39, 0.29) is 0 Å². The van der Waals surface area contributed by atoms with E-state index >= 15 is 0 Å².